The molecular weight excluding hydrogens is 292 g/mol. The molecule has 3 nitrogen and oxygen atoms in total. The van der Waals surface area contributed by atoms with Crippen LogP contribution in [0.25, 0.3) is 11.1 Å². The van der Waals surface area contributed by atoms with Gasteiger partial charge in [0.2, 0.25) is 0 Å². The van der Waals surface area contributed by atoms with Crippen molar-refractivity contribution in [2.24, 2.45) is 7.05 Å². The highest BCUT2D eigenvalue weighted by Crippen LogP contribution is 2.27. The fraction of sp³-hybridized carbons (Fsp3) is 0.143. The molecule has 0 aliphatic carbocycles. The van der Waals surface area contributed by atoms with Crippen molar-refractivity contribution in [2.75, 3.05) is 0 Å². The summed E-state index contributed by atoms with van der Waals surface area (Å²) in [7, 11) is 1.65. The summed E-state index contributed by atoms with van der Waals surface area (Å²) >= 11 is 3.40. The van der Waals surface area contributed by atoms with Gasteiger partial charge in [-0.05, 0) is 30.2 Å². The molecule has 1 heterocycles. The normalized spacial score (nSPS) is 10.1. The first-order valence-electron chi connectivity index (χ1n) is 5.41. The maximum absolute atomic E-state index is 12.0. The highest BCUT2D eigenvalue weighted by Gasteiger charge is 2.13. The molecular formula is C14H11BrN2O. The Kier molecular flexibility index (Phi) is 3.35. The smallest absolute Gasteiger partial charge is 0.268 e. The first-order valence-corrected chi connectivity index (χ1v) is 6.20. The molecule has 0 radical (unpaired) electrons. The summed E-state index contributed by atoms with van der Waals surface area (Å²) in [6.45, 7) is 1.90. The molecule has 2 aromatic rings. The molecule has 1 aromatic heterocycles. The fourth-order valence-electron chi connectivity index (χ4n) is 2.01. The van der Waals surface area contributed by atoms with E-state index in [0.717, 1.165) is 15.6 Å². The molecule has 0 spiro atoms. The molecule has 0 saturated heterocycles. The van der Waals surface area contributed by atoms with E-state index in [1.165, 1.54) is 4.57 Å². The molecule has 0 atom stereocenters. The third kappa shape index (κ3) is 2.09. The van der Waals surface area contributed by atoms with Gasteiger partial charge >= 0.3 is 0 Å². The van der Waals surface area contributed by atoms with Gasteiger partial charge in [0, 0.05) is 23.3 Å². The van der Waals surface area contributed by atoms with Crippen LogP contribution in [0.3, 0.4) is 0 Å². The van der Waals surface area contributed by atoms with Crippen molar-refractivity contribution in [3.8, 4) is 17.2 Å². The molecule has 0 unspecified atom stereocenters. The maximum Gasteiger partial charge on any atom is 0.268 e. The van der Waals surface area contributed by atoms with Crippen LogP contribution < -0.4 is 5.56 Å². The summed E-state index contributed by atoms with van der Waals surface area (Å²) in [4.78, 5) is 12.0. The van der Waals surface area contributed by atoms with E-state index >= 15 is 0 Å². The minimum Gasteiger partial charge on any atom is -0.317 e. The summed E-state index contributed by atoms with van der Waals surface area (Å²) in [6.07, 6.45) is 1.75. The van der Waals surface area contributed by atoms with Gasteiger partial charge in [0.15, 0.2) is 0 Å². The minimum absolute atomic E-state index is 0.190. The first kappa shape index (κ1) is 12.6. The van der Waals surface area contributed by atoms with Crippen molar-refractivity contribution >= 4 is 15.9 Å². The van der Waals surface area contributed by atoms with Crippen molar-refractivity contribution in [1.82, 2.24) is 4.57 Å². The Morgan fingerprint density at radius 2 is 2.11 bits per heavy atom. The number of nitrogens with zero attached hydrogens (tertiary/aromatic N) is 2. The van der Waals surface area contributed by atoms with E-state index in [0.29, 0.717) is 5.56 Å². The lowest BCUT2D eigenvalue weighted by molar-refractivity contribution is 0.848. The molecule has 0 aliphatic rings. The summed E-state index contributed by atoms with van der Waals surface area (Å²) in [5, 5.41) is 9.20. The van der Waals surface area contributed by atoms with Crippen LogP contribution in [-0.2, 0) is 7.05 Å². The average Bonchev–Trinajstić information content (AvgIpc) is 2.33. The van der Waals surface area contributed by atoms with Crippen LogP contribution >= 0.6 is 15.9 Å². The average molecular weight is 303 g/mol. The van der Waals surface area contributed by atoms with E-state index in [2.05, 4.69) is 15.9 Å². The van der Waals surface area contributed by atoms with E-state index < -0.39 is 0 Å². The number of aryl methyl sites for hydroxylation is 2. The standard InChI is InChI=1S/C14H11BrN2O/c1-9-8-17(2)14(18)12(7-16)13(9)10-4-3-5-11(15)6-10/h3-6,8H,1-2H3. The van der Waals surface area contributed by atoms with Crippen LogP contribution in [0.5, 0.6) is 0 Å². The number of hydrogen-bond donors (Lipinski definition) is 0. The molecule has 0 amide bonds. The van der Waals surface area contributed by atoms with Gasteiger partial charge in [-0.3, -0.25) is 4.79 Å². The van der Waals surface area contributed by atoms with Crippen LogP contribution in [0, 0.1) is 18.3 Å². The van der Waals surface area contributed by atoms with E-state index in [-0.39, 0.29) is 11.1 Å². The van der Waals surface area contributed by atoms with Crippen molar-refractivity contribution in [1.29, 1.82) is 5.26 Å². The van der Waals surface area contributed by atoms with Gasteiger partial charge in [-0.2, -0.15) is 5.26 Å². The second-order valence-electron chi connectivity index (χ2n) is 4.10. The molecule has 0 bridgehead atoms. The number of halogens is 1. The van der Waals surface area contributed by atoms with Crippen molar-refractivity contribution in [3.63, 3.8) is 0 Å². The summed E-state index contributed by atoms with van der Waals surface area (Å²) in [5.41, 5.74) is 2.42. The van der Waals surface area contributed by atoms with Crippen LogP contribution in [0.4, 0.5) is 0 Å². The Balaban J connectivity index is 2.84. The lowest BCUT2D eigenvalue weighted by atomic mass is 9.98. The highest BCUT2D eigenvalue weighted by molar-refractivity contribution is 9.10. The zero-order valence-electron chi connectivity index (χ0n) is 10.1. The van der Waals surface area contributed by atoms with Crippen LogP contribution in [-0.4, -0.2) is 4.57 Å². The van der Waals surface area contributed by atoms with Crippen molar-refractivity contribution in [3.05, 3.63) is 56.4 Å². The molecule has 4 heteroatoms. The van der Waals surface area contributed by atoms with E-state index in [4.69, 9.17) is 0 Å². The Bertz CT molecular complexity index is 711. The zero-order chi connectivity index (χ0) is 13.3. The monoisotopic (exact) mass is 302 g/mol. The Hall–Kier alpha value is -1.86. The molecule has 0 aliphatic heterocycles. The third-order valence-corrected chi connectivity index (χ3v) is 3.28. The van der Waals surface area contributed by atoms with E-state index in [1.807, 2.05) is 37.3 Å². The fourth-order valence-corrected chi connectivity index (χ4v) is 2.41. The van der Waals surface area contributed by atoms with Crippen molar-refractivity contribution in [2.45, 2.75) is 6.92 Å². The van der Waals surface area contributed by atoms with Crippen LogP contribution in [0.2, 0.25) is 0 Å². The Labute approximate surface area is 113 Å². The van der Waals surface area contributed by atoms with E-state index in [9.17, 15) is 10.1 Å². The molecule has 18 heavy (non-hydrogen) atoms. The number of pyridine rings is 1. The predicted octanol–water partition coefficient (Wildman–Crippen LogP) is 2.99. The van der Waals surface area contributed by atoms with Crippen molar-refractivity contribution < 1.29 is 0 Å². The second kappa shape index (κ2) is 4.79. The zero-order valence-corrected chi connectivity index (χ0v) is 11.7. The lowest BCUT2D eigenvalue weighted by Gasteiger charge is -2.10. The molecule has 90 valence electrons. The molecule has 0 saturated carbocycles. The second-order valence-corrected chi connectivity index (χ2v) is 5.02. The Morgan fingerprint density at radius 1 is 1.39 bits per heavy atom. The molecule has 1 aromatic carbocycles. The van der Waals surface area contributed by atoms with Gasteiger partial charge in [-0.15, -0.1) is 0 Å². The summed E-state index contributed by atoms with van der Waals surface area (Å²) in [5.74, 6) is 0. The topological polar surface area (TPSA) is 45.8 Å². The van der Waals surface area contributed by atoms with Gasteiger partial charge in [0.25, 0.3) is 5.56 Å². The van der Waals surface area contributed by atoms with E-state index in [1.54, 1.807) is 13.2 Å². The lowest BCUT2D eigenvalue weighted by Crippen LogP contribution is -2.20. The summed E-state index contributed by atoms with van der Waals surface area (Å²) < 4.78 is 2.36. The maximum atomic E-state index is 12.0. The quantitative estimate of drug-likeness (QED) is 0.813. The third-order valence-electron chi connectivity index (χ3n) is 2.79. The predicted molar refractivity (Wildman–Crippen MR) is 74.3 cm³/mol. The number of benzene rings is 1. The Morgan fingerprint density at radius 3 is 2.72 bits per heavy atom. The molecule has 2 rings (SSSR count). The molecule has 0 fully saturated rings. The first-order chi connectivity index (χ1) is 8.54. The number of hydrogen-bond acceptors (Lipinski definition) is 2. The highest BCUT2D eigenvalue weighted by atomic mass is 79.9. The number of aromatic nitrogens is 1. The SMILES string of the molecule is Cc1cn(C)c(=O)c(C#N)c1-c1cccc(Br)c1. The largest absolute Gasteiger partial charge is 0.317 e. The number of rotatable bonds is 1. The summed E-state index contributed by atoms with van der Waals surface area (Å²) in [6, 6.07) is 9.61. The minimum atomic E-state index is -0.266. The van der Waals surface area contributed by atoms with Gasteiger partial charge in [-0.1, -0.05) is 28.1 Å². The van der Waals surface area contributed by atoms with Crippen LogP contribution in [0.15, 0.2) is 39.7 Å². The number of nitriles is 1. The van der Waals surface area contributed by atoms with Gasteiger partial charge in [0.1, 0.15) is 11.6 Å². The van der Waals surface area contributed by atoms with Crippen LogP contribution in [0.1, 0.15) is 11.1 Å². The van der Waals surface area contributed by atoms with Gasteiger partial charge in [0.05, 0.1) is 0 Å². The van der Waals surface area contributed by atoms with Gasteiger partial charge < -0.3 is 4.57 Å². The van der Waals surface area contributed by atoms with Gasteiger partial charge in [-0.25, -0.2) is 0 Å². The molecule has 0 N–H and O–H groups in total.